The predicted octanol–water partition coefficient (Wildman–Crippen LogP) is 3.28. The molecule has 0 N–H and O–H groups in total. The summed E-state index contributed by atoms with van der Waals surface area (Å²) in [5.41, 5.74) is 1.29. The molecule has 0 radical (unpaired) electrons. The first-order valence-electron chi connectivity index (χ1n) is 6.30. The highest BCUT2D eigenvalue weighted by molar-refractivity contribution is 9.10. The SMILES string of the molecule is COC(OC)C1CCN(c2cccc(Br)c2)CC1. The molecule has 0 saturated carbocycles. The summed E-state index contributed by atoms with van der Waals surface area (Å²) >= 11 is 3.52. The minimum Gasteiger partial charge on any atom is -0.371 e. The maximum atomic E-state index is 5.35. The van der Waals surface area contributed by atoms with Crippen molar-refractivity contribution in [2.24, 2.45) is 5.92 Å². The van der Waals surface area contributed by atoms with E-state index in [0.717, 1.165) is 30.4 Å². The Hall–Kier alpha value is -0.580. The van der Waals surface area contributed by atoms with Crippen molar-refractivity contribution < 1.29 is 9.47 Å². The van der Waals surface area contributed by atoms with Crippen molar-refractivity contribution in [2.75, 3.05) is 32.2 Å². The first kappa shape index (κ1) is 13.8. The van der Waals surface area contributed by atoms with Gasteiger partial charge in [-0.2, -0.15) is 0 Å². The normalized spacial score (nSPS) is 17.4. The maximum Gasteiger partial charge on any atom is 0.159 e. The molecule has 1 fully saturated rings. The number of halogens is 1. The van der Waals surface area contributed by atoms with Crippen molar-refractivity contribution in [1.29, 1.82) is 0 Å². The van der Waals surface area contributed by atoms with Crippen molar-refractivity contribution in [3.63, 3.8) is 0 Å². The predicted molar refractivity (Wildman–Crippen MR) is 76.9 cm³/mol. The van der Waals surface area contributed by atoms with E-state index in [9.17, 15) is 0 Å². The van der Waals surface area contributed by atoms with E-state index in [1.165, 1.54) is 5.69 Å². The number of benzene rings is 1. The van der Waals surface area contributed by atoms with E-state index in [4.69, 9.17) is 9.47 Å². The molecule has 0 bridgehead atoms. The third kappa shape index (κ3) is 3.25. The second-order valence-electron chi connectivity index (χ2n) is 4.64. The second kappa shape index (κ2) is 6.55. The first-order valence-corrected chi connectivity index (χ1v) is 7.10. The van der Waals surface area contributed by atoms with E-state index in [0.29, 0.717) is 5.92 Å². The standard InChI is InChI=1S/C14H20BrNO2/c1-17-14(18-2)11-6-8-16(9-7-11)13-5-3-4-12(15)10-13/h3-5,10-11,14H,6-9H2,1-2H3. The fraction of sp³-hybridized carbons (Fsp3) is 0.571. The molecule has 3 nitrogen and oxygen atoms in total. The van der Waals surface area contributed by atoms with Crippen LogP contribution in [0.1, 0.15) is 12.8 Å². The van der Waals surface area contributed by atoms with Gasteiger partial charge in [-0.05, 0) is 31.0 Å². The summed E-state index contributed by atoms with van der Waals surface area (Å²) in [6.07, 6.45) is 2.16. The van der Waals surface area contributed by atoms with Crippen molar-refractivity contribution in [1.82, 2.24) is 0 Å². The number of hydrogen-bond acceptors (Lipinski definition) is 3. The average molecular weight is 314 g/mol. The highest BCUT2D eigenvalue weighted by Crippen LogP contribution is 2.28. The summed E-state index contributed by atoms with van der Waals surface area (Å²) in [6.45, 7) is 2.12. The van der Waals surface area contributed by atoms with Crippen LogP contribution >= 0.6 is 15.9 Å². The Morgan fingerprint density at radius 3 is 2.44 bits per heavy atom. The summed E-state index contributed by atoms with van der Waals surface area (Å²) < 4.78 is 11.8. The maximum absolute atomic E-state index is 5.35. The number of rotatable bonds is 4. The van der Waals surface area contributed by atoms with Crippen molar-refractivity contribution in [3.8, 4) is 0 Å². The lowest BCUT2D eigenvalue weighted by Gasteiger charge is -2.36. The van der Waals surface area contributed by atoms with Gasteiger partial charge in [0.1, 0.15) is 0 Å². The second-order valence-corrected chi connectivity index (χ2v) is 5.56. The van der Waals surface area contributed by atoms with Crippen LogP contribution < -0.4 is 4.90 Å². The van der Waals surface area contributed by atoms with Gasteiger partial charge in [-0.1, -0.05) is 22.0 Å². The molecular weight excluding hydrogens is 294 g/mol. The molecule has 1 aromatic rings. The number of ether oxygens (including phenoxy) is 2. The van der Waals surface area contributed by atoms with Crippen molar-refractivity contribution >= 4 is 21.6 Å². The molecule has 0 atom stereocenters. The van der Waals surface area contributed by atoms with Gasteiger partial charge in [0.05, 0.1) is 0 Å². The molecule has 1 heterocycles. The number of hydrogen-bond donors (Lipinski definition) is 0. The van der Waals surface area contributed by atoms with Crippen LogP contribution in [0.4, 0.5) is 5.69 Å². The highest BCUT2D eigenvalue weighted by Gasteiger charge is 2.26. The lowest BCUT2D eigenvalue weighted by atomic mass is 9.95. The van der Waals surface area contributed by atoms with Gasteiger partial charge in [-0.15, -0.1) is 0 Å². The van der Waals surface area contributed by atoms with E-state index in [-0.39, 0.29) is 6.29 Å². The molecule has 0 unspecified atom stereocenters. The number of anilines is 1. The minimum atomic E-state index is -0.0605. The van der Waals surface area contributed by atoms with Gasteiger partial charge in [-0.25, -0.2) is 0 Å². The minimum absolute atomic E-state index is 0.0605. The Kier molecular flexibility index (Phi) is 5.03. The number of methoxy groups -OCH3 is 2. The van der Waals surface area contributed by atoms with Gasteiger partial charge in [0, 0.05) is 43.4 Å². The Morgan fingerprint density at radius 2 is 1.89 bits per heavy atom. The van der Waals surface area contributed by atoms with Gasteiger partial charge in [-0.3, -0.25) is 0 Å². The van der Waals surface area contributed by atoms with E-state index in [1.807, 2.05) is 0 Å². The molecule has 1 aliphatic rings. The van der Waals surface area contributed by atoms with Crippen LogP contribution in [0.25, 0.3) is 0 Å². The van der Waals surface area contributed by atoms with E-state index >= 15 is 0 Å². The summed E-state index contributed by atoms with van der Waals surface area (Å²) in [6, 6.07) is 8.47. The first-order chi connectivity index (χ1) is 8.74. The molecule has 0 spiro atoms. The molecule has 18 heavy (non-hydrogen) atoms. The molecular formula is C14H20BrNO2. The quantitative estimate of drug-likeness (QED) is 0.796. The monoisotopic (exact) mass is 313 g/mol. The third-order valence-electron chi connectivity index (χ3n) is 3.56. The fourth-order valence-corrected chi connectivity index (χ4v) is 2.97. The Morgan fingerprint density at radius 1 is 1.22 bits per heavy atom. The van der Waals surface area contributed by atoms with Gasteiger partial charge in [0.2, 0.25) is 0 Å². The van der Waals surface area contributed by atoms with Gasteiger partial charge in [0.15, 0.2) is 6.29 Å². The highest BCUT2D eigenvalue weighted by atomic mass is 79.9. The van der Waals surface area contributed by atoms with Crippen LogP contribution in [0, 0.1) is 5.92 Å². The zero-order valence-corrected chi connectivity index (χ0v) is 12.5. The fourth-order valence-electron chi connectivity index (χ4n) is 2.58. The molecule has 100 valence electrons. The summed E-state index contributed by atoms with van der Waals surface area (Å²) in [5.74, 6) is 0.503. The third-order valence-corrected chi connectivity index (χ3v) is 4.06. The molecule has 0 aromatic heterocycles. The van der Waals surface area contributed by atoms with E-state index in [2.05, 4.69) is 45.1 Å². The Balaban J connectivity index is 1.94. The smallest absolute Gasteiger partial charge is 0.159 e. The van der Waals surface area contributed by atoms with Crippen LogP contribution in [0.5, 0.6) is 0 Å². The van der Waals surface area contributed by atoms with Crippen LogP contribution in [0.2, 0.25) is 0 Å². The van der Waals surface area contributed by atoms with Gasteiger partial charge < -0.3 is 14.4 Å². The summed E-state index contributed by atoms with van der Waals surface area (Å²) in [5, 5.41) is 0. The van der Waals surface area contributed by atoms with Crippen molar-refractivity contribution in [2.45, 2.75) is 19.1 Å². The topological polar surface area (TPSA) is 21.7 Å². The zero-order valence-electron chi connectivity index (χ0n) is 10.9. The molecule has 4 heteroatoms. The van der Waals surface area contributed by atoms with E-state index in [1.54, 1.807) is 14.2 Å². The summed E-state index contributed by atoms with van der Waals surface area (Å²) in [4.78, 5) is 2.42. The Bertz CT molecular complexity index is 374. The molecule has 1 saturated heterocycles. The molecule has 0 amide bonds. The van der Waals surface area contributed by atoms with Gasteiger partial charge >= 0.3 is 0 Å². The van der Waals surface area contributed by atoms with Crippen LogP contribution in [0.15, 0.2) is 28.7 Å². The lowest BCUT2D eigenvalue weighted by Crippen LogP contribution is -2.39. The summed E-state index contributed by atoms with van der Waals surface area (Å²) in [7, 11) is 3.43. The van der Waals surface area contributed by atoms with Crippen molar-refractivity contribution in [3.05, 3.63) is 28.7 Å². The molecule has 2 rings (SSSR count). The zero-order chi connectivity index (χ0) is 13.0. The molecule has 0 aliphatic carbocycles. The van der Waals surface area contributed by atoms with Crippen LogP contribution in [-0.4, -0.2) is 33.6 Å². The molecule has 1 aromatic carbocycles. The van der Waals surface area contributed by atoms with E-state index < -0.39 is 0 Å². The van der Waals surface area contributed by atoms with Gasteiger partial charge in [0.25, 0.3) is 0 Å². The molecule has 1 aliphatic heterocycles. The Labute approximate surface area is 117 Å². The average Bonchev–Trinajstić information content (AvgIpc) is 2.41. The largest absolute Gasteiger partial charge is 0.371 e. The van der Waals surface area contributed by atoms with Crippen LogP contribution in [-0.2, 0) is 9.47 Å². The lowest BCUT2D eigenvalue weighted by molar-refractivity contribution is -0.141. The number of piperidine rings is 1. The van der Waals surface area contributed by atoms with Crippen LogP contribution in [0.3, 0.4) is 0 Å². The number of nitrogens with zero attached hydrogens (tertiary/aromatic N) is 1.